The van der Waals surface area contributed by atoms with Gasteiger partial charge in [0.25, 0.3) is 0 Å². The van der Waals surface area contributed by atoms with Crippen LogP contribution in [0.25, 0.3) is 11.1 Å². The molecule has 0 amide bonds. The quantitative estimate of drug-likeness (QED) is 0.538. The zero-order valence-electron chi connectivity index (χ0n) is 11.8. The number of fused-ring (bicyclic) bond motifs is 5. The lowest BCUT2D eigenvalue weighted by Crippen LogP contribution is -2.05. The van der Waals surface area contributed by atoms with Gasteiger partial charge in [0.1, 0.15) is 0 Å². The van der Waals surface area contributed by atoms with Gasteiger partial charge in [-0.2, -0.15) is 0 Å². The molecule has 96 valence electrons. The Balaban J connectivity index is 1.95. The van der Waals surface area contributed by atoms with Gasteiger partial charge in [-0.25, -0.2) is 0 Å². The van der Waals surface area contributed by atoms with Crippen molar-refractivity contribution in [2.75, 3.05) is 0 Å². The van der Waals surface area contributed by atoms with Gasteiger partial charge in [-0.05, 0) is 90.5 Å². The Labute approximate surface area is 115 Å². The predicted molar refractivity (Wildman–Crippen MR) is 80.8 cm³/mol. The summed E-state index contributed by atoms with van der Waals surface area (Å²) in [6.45, 7) is 4.51. The molecule has 0 saturated carbocycles. The zero-order chi connectivity index (χ0) is 13.0. The van der Waals surface area contributed by atoms with Crippen molar-refractivity contribution >= 4 is 0 Å². The Kier molecular flexibility index (Phi) is 2.35. The number of rotatable bonds is 0. The smallest absolute Gasteiger partial charge is 0.000789 e. The minimum atomic E-state index is 1.17. The van der Waals surface area contributed by atoms with E-state index < -0.39 is 0 Å². The highest BCUT2D eigenvalue weighted by atomic mass is 14.3. The highest BCUT2D eigenvalue weighted by molar-refractivity contribution is 5.80. The van der Waals surface area contributed by atoms with Crippen LogP contribution >= 0.6 is 0 Å². The van der Waals surface area contributed by atoms with E-state index in [2.05, 4.69) is 38.1 Å². The Hall–Kier alpha value is -1.56. The number of hydrogen-bond donors (Lipinski definition) is 0. The normalized spacial score (nSPS) is 15.9. The summed E-state index contributed by atoms with van der Waals surface area (Å²) < 4.78 is 0. The molecule has 0 radical (unpaired) electrons. The Morgan fingerprint density at radius 1 is 0.737 bits per heavy atom. The maximum absolute atomic E-state index is 2.39. The molecular weight excluding hydrogens is 228 g/mol. The molecule has 0 fully saturated rings. The molecule has 2 aliphatic rings. The average Bonchev–Trinajstić information content (AvgIpc) is 2.83. The molecule has 0 nitrogen and oxygen atoms in total. The van der Waals surface area contributed by atoms with Crippen molar-refractivity contribution in [2.45, 2.75) is 46.0 Å². The van der Waals surface area contributed by atoms with Crippen LogP contribution in [-0.2, 0) is 19.3 Å². The topological polar surface area (TPSA) is 0 Å². The van der Waals surface area contributed by atoms with Gasteiger partial charge in [-0.15, -0.1) is 0 Å². The van der Waals surface area contributed by atoms with Crippen LogP contribution in [0, 0.1) is 13.8 Å². The highest BCUT2D eigenvalue weighted by Gasteiger charge is 2.25. The van der Waals surface area contributed by atoms with Gasteiger partial charge in [-0.3, -0.25) is 0 Å². The lowest BCUT2D eigenvalue weighted by Gasteiger charge is -2.19. The average molecular weight is 248 g/mol. The first-order valence-electron chi connectivity index (χ1n) is 7.49. The van der Waals surface area contributed by atoms with E-state index in [0.717, 1.165) is 0 Å². The molecule has 0 unspecified atom stereocenters. The van der Waals surface area contributed by atoms with Gasteiger partial charge in [0.2, 0.25) is 0 Å². The molecule has 0 aromatic heterocycles. The van der Waals surface area contributed by atoms with E-state index in [1.165, 1.54) is 54.4 Å². The summed E-state index contributed by atoms with van der Waals surface area (Å²) in [5.74, 6) is 0. The van der Waals surface area contributed by atoms with E-state index in [4.69, 9.17) is 0 Å². The maximum Gasteiger partial charge on any atom is -0.000789 e. The van der Waals surface area contributed by atoms with E-state index in [-0.39, 0.29) is 0 Å². The number of hydrogen-bond acceptors (Lipinski definition) is 0. The monoisotopic (exact) mass is 248 g/mol. The van der Waals surface area contributed by atoms with Crippen LogP contribution in [0.5, 0.6) is 0 Å². The van der Waals surface area contributed by atoms with Crippen LogP contribution in [-0.4, -0.2) is 0 Å². The van der Waals surface area contributed by atoms with Crippen molar-refractivity contribution in [2.24, 2.45) is 0 Å². The molecule has 2 aromatic rings. The van der Waals surface area contributed by atoms with Crippen molar-refractivity contribution in [3.63, 3.8) is 0 Å². The lowest BCUT2D eigenvalue weighted by molar-refractivity contribution is 0.681. The molecule has 0 spiro atoms. The molecule has 0 atom stereocenters. The van der Waals surface area contributed by atoms with Crippen molar-refractivity contribution < 1.29 is 0 Å². The third kappa shape index (κ3) is 1.52. The summed E-state index contributed by atoms with van der Waals surface area (Å²) in [5, 5.41) is 0. The first-order chi connectivity index (χ1) is 9.25. The summed E-state index contributed by atoms with van der Waals surface area (Å²) in [4.78, 5) is 0. The Bertz CT molecular complexity index is 677. The Morgan fingerprint density at radius 3 is 2.37 bits per heavy atom. The fraction of sp³-hybridized carbons (Fsp3) is 0.368. The summed E-state index contributed by atoms with van der Waals surface area (Å²) >= 11 is 0. The third-order valence-electron chi connectivity index (χ3n) is 5.16. The standard InChI is InChI=1S/C19H20/c1-12-7-9-16-17-10-8-14-5-3-4-6-15(14)19(17)11-18(16)13(12)2/h7-10H,3-6,11H2,1-2H3. The highest BCUT2D eigenvalue weighted by Crippen LogP contribution is 2.42. The predicted octanol–water partition coefficient (Wildman–Crippen LogP) is 4.75. The Morgan fingerprint density at radius 2 is 1.47 bits per heavy atom. The van der Waals surface area contributed by atoms with Gasteiger partial charge in [0.05, 0.1) is 0 Å². The zero-order valence-corrected chi connectivity index (χ0v) is 11.8. The molecule has 2 aromatic carbocycles. The molecule has 0 heterocycles. The molecule has 0 heteroatoms. The van der Waals surface area contributed by atoms with Crippen LogP contribution in [0.1, 0.15) is 46.2 Å². The molecule has 0 bridgehead atoms. The fourth-order valence-corrected chi connectivity index (χ4v) is 3.89. The second-order valence-corrected chi connectivity index (χ2v) is 6.15. The molecule has 2 aliphatic carbocycles. The first-order valence-corrected chi connectivity index (χ1v) is 7.49. The fourth-order valence-electron chi connectivity index (χ4n) is 3.89. The molecule has 0 aliphatic heterocycles. The van der Waals surface area contributed by atoms with Crippen LogP contribution in [0.2, 0.25) is 0 Å². The van der Waals surface area contributed by atoms with Crippen molar-refractivity contribution in [3.05, 3.63) is 57.6 Å². The molecule has 0 N–H and O–H groups in total. The van der Waals surface area contributed by atoms with E-state index in [9.17, 15) is 0 Å². The minimum Gasteiger partial charge on any atom is -0.0584 e. The summed E-state index contributed by atoms with van der Waals surface area (Å²) in [5.41, 5.74) is 12.4. The molecule has 0 saturated heterocycles. The van der Waals surface area contributed by atoms with Crippen LogP contribution in [0.15, 0.2) is 24.3 Å². The third-order valence-corrected chi connectivity index (χ3v) is 5.16. The second-order valence-electron chi connectivity index (χ2n) is 6.15. The minimum absolute atomic E-state index is 1.17. The van der Waals surface area contributed by atoms with Gasteiger partial charge in [-0.1, -0.05) is 24.3 Å². The van der Waals surface area contributed by atoms with Crippen molar-refractivity contribution in [1.82, 2.24) is 0 Å². The molecule has 19 heavy (non-hydrogen) atoms. The van der Waals surface area contributed by atoms with E-state index in [0.29, 0.717) is 0 Å². The van der Waals surface area contributed by atoms with Gasteiger partial charge >= 0.3 is 0 Å². The lowest BCUT2D eigenvalue weighted by atomic mass is 9.86. The first kappa shape index (κ1) is 11.3. The SMILES string of the molecule is Cc1ccc2c(c1C)Cc1c-2ccc2c1CCCC2. The van der Waals surface area contributed by atoms with Gasteiger partial charge in [0.15, 0.2) is 0 Å². The van der Waals surface area contributed by atoms with E-state index in [1.54, 1.807) is 22.3 Å². The number of aryl methyl sites for hydroxylation is 2. The van der Waals surface area contributed by atoms with Gasteiger partial charge in [0, 0.05) is 0 Å². The van der Waals surface area contributed by atoms with E-state index >= 15 is 0 Å². The summed E-state index contributed by atoms with van der Waals surface area (Å²) in [6.07, 6.45) is 6.50. The summed E-state index contributed by atoms with van der Waals surface area (Å²) in [6, 6.07) is 9.37. The largest absolute Gasteiger partial charge is 0.0584 e. The van der Waals surface area contributed by atoms with Crippen LogP contribution < -0.4 is 0 Å². The van der Waals surface area contributed by atoms with Crippen LogP contribution in [0.4, 0.5) is 0 Å². The maximum atomic E-state index is 2.39. The van der Waals surface area contributed by atoms with Crippen LogP contribution in [0.3, 0.4) is 0 Å². The number of benzene rings is 2. The van der Waals surface area contributed by atoms with Crippen molar-refractivity contribution in [1.29, 1.82) is 0 Å². The molecule has 4 rings (SSSR count). The second kappa shape index (κ2) is 3.96. The molecular formula is C19H20. The summed E-state index contributed by atoms with van der Waals surface area (Å²) in [7, 11) is 0. The van der Waals surface area contributed by atoms with E-state index in [1.807, 2.05) is 0 Å². The van der Waals surface area contributed by atoms with Gasteiger partial charge < -0.3 is 0 Å². The van der Waals surface area contributed by atoms with Crippen molar-refractivity contribution in [3.8, 4) is 11.1 Å².